The Kier molecular flexibility index (Phi) is 6.97. The van der Waals surface area contributed by atoms with E-state index in [4.69, 9.17) is 16.3 Å². The molecule has 170 valence electrons. The number of nitrogens with zero attached hydrogens (tertiary/aromatic N) is 3. The number of benzene rings is 2. The normalized spacial score (nSPS) is 14.2. The van der Waals surface area contributed by atoms with E-state index in [1.807, 2.05) is 0 Å². The van der Waals surface area contributed by atoms with Gasteiger partial charge >= 0.3 is 6.18 Å². The number of methoxy groups -OCH3 is 1. The number of halogens is 6. The zero-order valence-electron chi connectivity index (χ0n) is 17.3. The zero-order chi connectivity index (χ0) is 23.6. The Bertz CT molecular complexity index is 1160. The van der Waals surface area contributed by atoms with Gasteiger partial charge in [-0.2, -0.15) is 13.2 Å². The minimum Gasteiger partial charge on any atom is -0.493 e. The third kappa shape index (κ3) is 5.15. The lowest BCUT2D eigenvalue weighted by molar-refractivity contribution is -0.156. The molecule has 0 aliphatic heterocycles. The van der Waals surface area contributed by atoms with Crippen molar-refractivity contribution in [3.8, 4) is 5.75 Å². The molecule has 0 N–H and O–H groups in total. The molecule has 0 saturated heterocycles. The van der Waals surface area contributed by atoms with Crippen molar-refractivity contribution in [3.05, 3.63) is 58.5 Å². The first-order chi connectivity index (χ1) is 15.0. The molecule has 0 aliphatic carbocycles. The molecule has 0 saturated carbocycles. The van der Waals surface area contributed by atoms with Crippen LogP contribution in [0.25, 0.3) is 10.9 Å². The van der Waals surface area contributed by atoms with Crippen LogP contribution in [0.3, 0.4) is 0 Å². The summed E-state index contributed by atoms with van der Waals surface area (Å²) in [6.45, 7) is 3.13. The first-order valence-electron chi connectivity index (χ1n) is 9.57. The summed E-state index contributed by atoms with van der Waals surface area (Å²) in [4.78, 5) is 12.0. The van der Waals surface area contributed by atoms with Gasteiger partial charge in [0.25, 0.3) is 0 Å². The number of aryl methyl sites for hydroxylation is 1. The molecule has 2 unspecified atom stereocenters. The van der Waals surface area contributed by atoms with Crippen molar-refractivity contribution in [3.63, 3.8) is 0 Å². The van der Waals surface area contributed by atoms with E-state index in [9.17, 15) is 22.0 Å². The maximum Gasteiger partial charge on any atom is 0.396 e. The maximum atomic E-state index is 14.2. The summed E-state index contributed by atoms with van der Waals surface area (Å²) in [5.41, 5.74) is 0.470. The van der Waals surface area contributed by atoms with Crippen LogP contribution in [-0.2, 0) is 0 Å². The van der Waals surface area contributed by atoms with E-state index < -0.39 is 36.1 Å². The van der Waals surface area contributed by atoms with Gasteiger partial charge < -0.3 is 4.74 Å². The molecule has 0 amide bonds. The Morgan fingerprint density at radius 2 is 1.94 bits per heavy atom. The van der Waals surface area contributed by atoms with Crippen molar-refractivity contribution in [2.75, 3.05) is 7.11 Å². The molecular weight excluding hydrogens is 453 g/mol. The molecule has 0 radical (unpaired) electrons. The van der Waals surface area contributed by atoms with Gasteiger partial charge in [0.1, 0.15) is 11.6 Å². The van der Waals surface area contributed by atoms with Gasteiger partial charge in [0.05, 0.1) is 29.3 Å². The van der Waals surface area contributed by atoms with E-state index in [1.54, 1.807) is 6.92 Å². The molecule has 0 fully saturated rings. The van der Waals surface area contributed by atoms with Gasteiger partial charge in [-0.15, -0.1) is 0 Å². The van der Waals surface area contributed by atoms with Crippen molar-refractivity contribution in [1.29, 1.82) is 0 Å². The van der Waals surface area contributed by atoms with E-state index >= 15 is 0 Å². The summed E-state index contributed by atoms with van der Waals surface area (Å²) in [6, 6.07) is 4.88. The van der Waals surface area contributed by atoms with Gasteiger partial charge in [0.15, 0.2) is 11.6 Å². The molecule has 2 atom stereocenters. The van der Waals surface area contributed by atoms with Crippen LogP contribution in [0, 0.1) is 24.5 Å². The summed E-state index contributed by atoms with van der Waals surface area (Å²) in [6.07, 6.45) is -2.96. The monoisotopic (exact) mass is 471 g/mol. The quantitative estimate of drug-likeness (QED) is 0.288. The highest BCUT2D eigenvalue weighted by Crippen LogP contribution is 2.39. The molecule has 0 aliphatic rings. The highest BCUT2D eigenvalue weighted by molar-refractivity contribution is 6.30. The van der Waals surface area contributed by atoms with Crippen molar-refractivity contribution < 1.29 is 26.7 Å². The number of hydrogen-bond acceptors (Lipinski definition) is 4. The summed E-state index contributed by atoms with van der Waals surface area (Å²) >= 11 is 5.74. The number of alkyl halides is 3. The summed E-state index contributed by atoms with van der Waals surface area (Å²) in [5.74, 6) is -4.05. The van der Waals surface area contributed by atoms with E-state index in [0.29, 0.717) is 11.2 Å². The van der Waals surface area contributed by atoms with Crippen molar-refractivity contribution in [2.45, 2.75) is 32.4 Å². The molecular formula is C22H19ClF5N3O. The van der Waals surface area contributed by atoms with Crippen LogP contribution in [0.15, 0.2) is 35.5 Å². The van der Waals surface area contributed by atoms with Crippen molar-refractivity contribution in [1.82, 2.24) is 9.97 Å². The van der Waals surface area contributed by atoms with Crippen LogP contribution >= 0.6 is 11.6 Å². The SMILES string of the molecule is COc1c(C(C)CC(C=Nc2cc(F)cc3nc(C)ncc23)C(F)(F)F)ccc(Cl)c1F. The third-order valence-corrected chi connectivity index (χ3v) is 5.29. The number of aromatic nitrogens is 2. The Morgan fingerprint density at radius 3 is 2.59 bits per heavy atom. The second kappa shape index (κ2) is 9.36. The molecule has 32 heavy (non-hydrogen) atoms. The number of fused-ring (bicyclic) bond motifs is 1. The van der Waals surface area contributed by atoms with Crippen LogP contribution in [0.2, 0.25) is 5.02 Å². The molecule has 2 aromatic carbocycles. The van der Waals surface area contributed by atoms with Crippen LogP contribution in [0.1, 0.15) is 30.7 Å². The predicted octanol–water partition coefficient (Wildman–Crippen LogP) is 6.95. The molecule has 1 aromatic heterocycles. The van der Waals surface area contributed by atoms with Crippen molar-refractivity contribution in [2.24, 2.45) is 10.9 Å². The maximum absolute atomic E-state index is 14.2. The molecule has 1 heterocycles. The van der Waals surface area contributed by atoms with Crippen LogP contribution in [0.4, 0.5) is 27.6 Å². The molecule has 3 rings (SSSR count). The topological polar surface area (TPSA) is 47.4 Å². The Hall–Kier alpha value is -2.81. The second-order valence-electron chi connectivity index (χ2n) is 7.32. The first-order valence-corrected chi connectivity index (χ1v) is 9.94. The number of aliphatic imine (C=N–C) groups is 1. The van der Waals surface area contributed by atoms with Gasteiger partial charge in [0, 0.05) is 35.5 Å². The first kappa shape index (κ1) is 23.8. The summed E-state index contributed by atoms with van der Waals surface area (Å²) in [7, 11) is 1.21. The summed E-state index contributed by atoms with van der Waals surface area (Å²) < 4.78 is 74.5. The fraction of sp³-hybridized carbons (Fsp3) is 0.318. The van der Waals surface area contributed by atoms with E-state index in [-0.39, 0.29) is 27.5 Å². The van der Waals surface area contributed by atoms with Crippen LogP contribution < -0.4 is 4.74 Å². The van der Waals surface area contributed by atoms with Gasteiger partial charge in [-0.1, -0.05) is 24.6 Å². The summed E-state index contributed by atoms with van der Waals surface area (Å²) in [5, 5.41) is 0.130. The number of hydrogen-bond donors (Lipinski definition) is 0. The van der Waals surface area contributed by atoms with E-state index in [0.717, 1.165) is 18.3 Å². The molecule has 3 aromatic rings. The lowest BCUT2D eigenvalue weighted by atomic mass is 9.89. The van der Waals surface area contributed by atoms with Gasteiger partial charge in [0.2, 0.25) is 0 Å². The highest BCUT2D eigenvalue weighted by atomic mass is 35.5. The van der Waals surface area contributed by atoms with Crippen LogP contribution in [-0.4, -0.2) is 29.5 Å². The minimum absolute atomic E-state index is 0.0166. The van der Waals surface area contributed by atoms with Gasteiger partial charge in [-0.3, -0.25) is 4.99 Å². The lowest BCUT2D eigenvalue weighted by Crippen LogP contribution is -2.26. The molecule has 4 nitrogen and oxygen atoms in total. The second-order valence-corrected chi connectivity index (χ2v) is 7.73. The van der Waals surface area contributed by atoms with E-state index in [2.05, 4.69) is 15.0 Å². The fourth-order valence-corrected chi connectivity index (χ4v) is 3.53. The average molecular weight is 472 g/mol. The number of ether oxygens (including phenoxy) is 1. The standard InChI is InChI=1S/C22H19ClF5N3O/c1-11(15-4-5-17(23)20(25)21(15)32-3)6-13(22(26,27)28)9-30-18-7-14(24)8-19-16(18)10-29-12(2)31-19/h4-5,7-11,13H,6H2,1-3H3. The lowest BCUT2D eigenvalue weighted by Gasteiger charge is -2.22. The Balaban J connectivity index is 1.95. The van der Waals surface area contributed by atoms with Crippen molar-refractivity contribution >= 4 is 34.4 Å². The Labute approximate surface area is 186 Å². The smallest absolute Gasteiger partial charge is 0.396 e. The predicted molar refractivity (Wildman–Crippen MR) is 113 cm³/mol. The molecule has 0 bridgehead atoms. The van der Waals surface area contributed by atoms with E-state index in [1.165, 1.54) is 32.4 Å². The highest BCUT2D eigenvalue weighted by Gasteiger charge is 2.40. The minimum atomic E-state index is -4.63. The van der Waals surface area contributed by atoms with Crippen LogP contribution in [0.5, 0.6) is 5.75 Å². The number of rotatable bonds is 6. The van der Waals surface area contributed by atoms with Gasteiger partial charge in [-0.05, 0) is 25.3 Å². The molecule has 0 spiro atoms. The third-order valence-electron chi connectivity index (χ3n) is 5.00. The largest absolute Gasteiger partial charge is 0.493 e. The van der Waals surface area contributed by atoms with Gasteiger partial charge in [-0.25, -0.2) is 18.7 Å². The average Bonchev–Trinajstić information content (AvgIpc) is 2.71. The zero-order valence-corrected chi connectivity index (χ0v) is 18.1. The fourth-order valence-electron chi connectivity index (χ4n) is 3.38. The molecule has 10 heteroatoms. The Morgan fingerprint density at radius 1 is 1.22 bits per heavy atom.